The highest BCUT2D eigenvalue weighted by Gasteiger charge is 2.19. The van der Waals surface area contributed by atoms with Crippen molar-refractivity contribution in [1.29, 1.82) is 5.26 Å². The van der Waals surface area contributed by atoms with Gasteiger partial charge in [-0.2, -0.15) is 5.26 Å². The quantitative estimate of drug-likeness (QED) is 0.589. The second-order valence-electron chi connectivity index (χ2n) is 5.96. The molecule has 0 unspecified atom stereocenters. The molecule has 4 nitrogen and oxygen atoms in total. The Bertz CT molecular complexity index is 859. The van der Waals surface area contributed by atoms with Crippen LogP contribution in [0.15, 0.2) is 40.3 Å². The molecule has 1 heterocycles. The van der Waals surface area contributed by atoms with Crippen molar-refractivity contribution in [2.24, 2.45) is 0 Å². The SMILES string of the molecule is N#CC(=Cc1ccc(-c2ccc(Cl)c(Cl)c2)o1)C(=O)NC1CCCC1. The van der Waals surface area contributed by atoms with Crippen LogP contribution in [0.5, 0.6) is 0 Å². The molecule has 1 N–H and O–H groups in total. The van der Waals surface area contributed by atoms with Crippen molar-refractivity contribution >= 4 is 35.2 Å². The summed E-state index contributed by atoms with van der Waals surface area (Å²) >= 11 is 11.9. The second-order valence-corrected chi connectivity index (χ2v) is 6.77. The minimum atomic E-state index is -0.359. The number of halogens is 2. The third-order valence-electron chi connectivity index (χ3n) is 4.17. The van der Waals surface area contributed by atoms with E-state index in [1.54, 1.807) is 30.3 Å². The van der Waals surface area contributed by atoms with Crippen molar-refractivity contribution in [1.82, 2.24) is 5.32 Å². The number of hydrogen-bond acceptors (Lipinski definition) is 3. The molecule has 1 aliphatic rings. The summed E-state index contributed by atoms with van der Waals surface area (Å²) < 4.78 is 5.71. The van der Waals surface area contributed by atoms with Gasteiger partial charge in [-0.15, -0.1) is 0 Å². The second kappa shape index (κ2) is 7.77. The van der Waals surface area contributed by atoms with Gasteiger partial charge in [0.2, 0.25) is 0 Å². The third-order valence-corrected chi connectivity index (χ3v) is 4.91. The number of nitriles is 1. The van der Waals surface area contributed by atoms with Gasteiger partial charge in [0.1, 0.15) is 23.2 Å². The summed E-state index contributed by atoms with van der Waals surface area (Å²) in [5.74, 6) is 0.652. The normalized spacial score (nSPS) is 15.2. The van der Waals surface area contributed by atoms with Crippen LogP contribution < -0.4 is 5.32 Å². The molecule has 1 saturated carbocycles. The summed E-state index contributed by atoms with van der Waals surface area (Å²) in [6, 6.07) is 10.7. The van der Waals surface area contributed by atoms with E-state index in [1.807, 2.05) is 6.07 Å². The van der Waals surface area contributed by atoms with Gasteiger partial charge in [-0.05, 0) is 43.2 Å². The zero-order chi connectivity index (χ0) is 17.8. The molecule has 1 aliphatic carbocycles. The topological polar surface area (TPSA) is 66.0 Å². The highest BCUT2D eigenvalue weighted by Crippen LogP contribution is 2.30. The molecule has 0 bridgehead atoms. The number of carbonyl (C=O) groups is 1. The number of amides is 1. The Hall–Kier alpha value is -2.22. The number of nitrogens with one attached hydrogen (secondary N) is 1. The maximum Gasteiger partial charge on any atom is 0.262 e. The van der Waals surface area contributed by atoms with Gasteiger partial charge >= 0.3 is 0 Å². The van der Waals surface area contributed by atoms with Crippen LogP contribution >= 0.6 is 23.2 Å². The molecule has 6 heteroatoms. The van der Waals surface area contributed by atoms with E-state index in [-0.39, 0.29) is 17.5 Å². The lowest BCUT2D eigenvalue weighted by molar-refractivity contribution is -0.117. The molecule has 1 aromatic carbocycles. The first-order valence-corrected chi connectivity index (χ1v) is 8.80. The molecule has 0 aliphatic heterocycles. The average molecular weight is 375 g/mol. The Morgan fingerprint density at radius 1 is 1.20 bits per heavy atom. The van der Waals surface area contributed by atoms with Crippen LogP contribution in [0.4, 0.5) is 0 Å². The van der Waals surface area contributed by atoms with Gasteiger partial charge in [0.25, 0.3) is 5.91 Å². The summed E-state index contributed by atoms with van der Waals surface area (Å²) in [6.45, 7) is 0. The molecule has 0 saturated heterocycles. The van der Waals surface area contributed by atoms with E-state index in [0.717, 1.165) is 31.2 Å². The summed E-state index contributed by atoms with van der Waals surface area (Å²) in [7, 11) is 0. The minimum absolute atomic E-state index is 0.0296. The van der Waals surface area contributed by atoms with Gasteiger partial charge in [-0.25, -0.2) is 0 Å². The molecule has 1 fully saturated rings. The standard InChI is InChI=1S/C19H16Cl2N2O2/c20-16-7-5-12(10-17(16)21)18-8-6-15(25-18)9-13(11-22)19(24)23-14-3-1-2-4-14/h5-10,14H,1-4H2,(H,23,24). The molecule has 1 aromatic heterocycles. The van der Waals surface area contributed by atoms with Crippen LogP contribution in [-0.2, 0) is 4.79 Å². The fourth-order valence-corrected chi connectivity index (χ4v) is 3.16. The number of nitrogens with zero attached hydrogens (tertiary/aromatic N) is 1. The van der Waals surface area contributed by atoms with Crippen LogP contribution in [0, 0.1) is 11.3 Å². The van der Waals surface area contributed by atoms with Crippen LogP contribution in [-0.4, -0.2) is 11.9 Å². The smallest absolute Gasteiger partial charge is 0.262 e. The van der Waals surface area contributed by atoms with Gasteiger partial charge in [0.05, 0.1) is 10.0 Å². The van der Waals surface area contributed by atoms with Crippen molar-refractivity contribution < 1.29 is 9.21 Å². The van der Waals surface area contributed by atoms with Crippen molar-refractivity contribution in [3.8, 4) is 17.4 Å². The van der Waals surface area contributed by atoms with Crippen LogP contribution in [0.3, 0.4) is 0 Å². The molecule has 0 radical (unpaired) electrons. The van der Waals surface area contributed by atoms with Gasteiger partial charge in [-0.1, -0.05) is 36.0 Å². The summed E-state index contributed by atoms with van der Waals surface area (Å²) in [5.41, 5.74) is 0.796. The predicted molar refractivity (Wildman–Crippen MR) is 98.2 cm³/mol. The van der Waals surface area contributed by atoms with Crippen LogP contribution in [0.1, 0.15) is 31.4 Å². The number of hydrogen-bond donors (Lipinski definition) is 1. The Kier molecular flexibility index (Phi) is 5.47. The highest BCUT2D eigenvalue weighted by molar-refractivity contribution is 6.42. The monoisotopic (exact) mass is 374 g/mol. The van der Waals surface area contributed by atoms with Gasteiger partial charge in [-0.3, -0.25) is 4.79 Å². The largest absolute Gasteiger partial charge is 0.457 e. The fourth-order valence-electron chi connectivity index (χ4n) is 2.86. The number of benzene rings is 1. The lowest BCUT2D eigenvalue weighted by Gasteiger charge is -2.10. The average Bonchev–Trinajstić information content (AvgIpc) is 3.27. The molecule has 0 spiro atoms. The van der Waals surface area contributed by atoms with Crippen LogP contribution in [0.25, 0.3) is 17.4 Å². The van der Waals surface area contributed by atoms with E-state index in [0.29, 0.717) is 21.6 Å². The van der Waals surface area contributed by atoms with Gasteiger partial charge < -0.3 is 9.73 Å². The summed E-state index contributed by atoms with van der Waals surface area (Å²) in [6.07, 6.45) is 5.61. The molecule has 128 valence electrons. The first-order valence-electron chi connectivity index (χ1n) is 8.05. The van der Waals surface area contributed by atoms with E-state index in [9.17, 15) is 10.1 Å². The Labute approximate surface area is 156 Å². The molecule has 1 amide bonds. The molecule has 2 aromatic rings. The third kappa shape index (κ3) is 4.25. The first kappa shape index (κ1) is 17.6. The van der Waals surface area contributed by atoms with E-state index in [1.165, 1.54) is 6.08 Å². The highest BCUT2D eigenvalue weighted by atomic mass is 35.5. The van der Waals surface area contributed by atoms with Gasteiger partial charge in [0.15, 0.2) is 0 Å². The Balaban J connectivity index is 1.77. The lowest BCUT2D eigenvalue weighted by Crippen LogP contribution is -2.33. The maximum atomic E-state index is 12.2. The van der Waals surface area contributed by atoms with Crippen LogP contribution in [0.2, 0.25) is 10.0 Å². The zero-order valence-electron chi connectivity index (χ0n) is 13.4. The van der Waals surface area contributed by atoms with Crippen molar-refractivity contribution in [2.45, 2.75) is 31.7 Å². The van der Waals surface area contributed by atoms with E-state index in [2.05, 4.69) is 5.32 Å². The number of rotatable bonds is 4. The van der Waals surface area contributed by atoms with E-state index < -0.39 is 0 Å². The van der Waals surface area contributed by atoms with Gasteiger partial charge in [0, 0.05) is 17.7 Å². The van der Waals surface area contributed by atoms with Crippen molar-refractivity contribution in [2.75, 3.05) is 0 Å². The Morgan fingerprint density at radius 3 is 2.64 bits per heavy atom. The van der Waals surface area contributed by atoms with E-state index in [4.69, 9.17) is 27.6 Å². The minimum Gasteiger partial charge on any atom is -0.457 e. The lowest BCUT2D eigenvalue weighted by atomic mass is 10.2. The summed E-state index contributed by atoms with van der Waals surface area (Å²) in [5, 5.41) is 13.1. The summed E-state index contributed by atoms with van der Waals surface area (Å²) in [4.78, 5) is 12.2. The van der Waals surface area contributed by atoms with Crippen molar-refractivity contribution in [3.05, 3.63) is 51.7 Å². The number of carbonyl (C=O) groups excluding carboxylic acids is 1. The molecular weight excluding hydrogens is 359 g/mol. The maximum absolute atomic E-state index is 12.2. The molecular formula is C19H16Cl2N2O2. The fraction of sp³-hybridized carbons (Fsp3) is 0.263. The predicted octanol–water partition coefficient (Wildman–Crippen LogP) is 5.22. The molecule has 0 atom stereocenters. The van der Waals surface area contributed by atoms with Crippen molar-refractivity contribution in [3.63, 3.8) is 0 Å². The molecule has 25 heavy (non-hydrogen) atoms. The number of furan rings is 1. The van der Waals surface area contributed by atoms with E-state index >= 15 is 0 Å². The zero-order valence-corrected chi connectivity index (χ0v) is 14.9. The first-order chi connectivity index (χ1) is 12.1. The Morgan fingerprint density at radius 2 is 1.96 bits per heavy atom. The molecule has 3 rings (SSSR count).